The quantitative estimate of drug-likeness (QED) is 0.0644. The Morgan fingerprint density at radius 1 is 0.945 bits per heavy atom. The number of carboxylic acid groups (broad SMARTS) is 2. The molecule has 5 atom stereocenters. The highest BCUT2D eigenvalue weighted by molar-refractivity contribution is 6.55. The Morgan fingerprint density at radius 2 is 1.64 bits per heavy atom. The zero-order valence-corrected chi connectivity index (χ0v) is 32.0. The van der Waals surface area contributed by atoms with E-state index in [4.69, 9.17) is 26.8 Å². The van der Waals surface area contributed by atoms with Gasteiger partial charge in [0, 0.05) is 25.4 Å². The number of benzene rings is 1. The molecular weight excluding hydrogens is 723 g/mol. The van der Waals surface area contributed by atoms with Crippen molar-refractivity contribution in [3.63, 3.8) is 0 Å². The predicted octanol–water partition coefficient (Wildman–Crippen LogP) is 1.14. The molecule has 1 saturated heterocycles. The number of aliphatic hydroxyl groups is 1. The molecule has 0 aliphatic carbocycles. The van der Waals surface area contributed by atoms with E-state index in [0.29, 0.717) is 12.8 Å². The summed E-state index contributed by atoms with van der Waals surface area (Å²) in [5, 5.41) is 40.2. The van der Waals surface area contributed by atoms with E-state index in [0.717, 1.165) is 0 Å². The Morgan fingerprint density at radius 3 is 2.24 bits per heavy atom. The van der Waals surface area contributed by atoms with Crippen molar-refractivity contribution in [3.8, 4) is 5.75 Å². The zero-order chi connectivity index (χ0) is 41.5. The van der Waals surface area contributed by atoms with Gasteiger partial charge in [-0.2, -0.15) is 0 Å². The van der Waals surface area contributed by atoms with Gasteiger partial charge in [-0.3, -0.25) is 28.8 Å². The van der Waals surface area contributed by atoms with Crippen molar-refractivity contribution < 1.29 is 67.8 Å². The molecule has 7 N–H and O–H groups in total. The van der Waals surface area contributed by atoms with E-state index in [9.17, 15) is 48.9 Å². The van der Waals surface area contributed by atoms with E-state index >= 15 is 0 Å². The molecule has 0 saturated carbocycles. The molecule has 2 radical (unpaired) electrons. The summed E-state index contributed by atoms with van der Waals surface area (Å²) in [6.07, 6.45) is -3.61. The van der Waals surface area contributed by atoms with Gasteiger partial charge < -0.3 is 55.5 Å². The first-order valence-corrected chi connectivity index (χ1v) is 18.0. The summed E-state index contributed by atoms with van der Waals surface area (Å²) in [6, 6.07) is 1.60. The summed E-state index contributed by atoms with van der Waals surface area (Å²) in [7, 11) is 5.08. The SMILES string of the molecule is [B]C(=O)OCc1ccc(O[C@H]2C[C@@H](O)C[C@@H](C(=O)O)O2)c(C(=O)N[C@@H](CC(C)(C)C(=O)O)C(=O)NCCCC[C@H](NC(=O)COC(C)C)C(=O)NC(C)C)c1. The Hall–Kier alpha value is -4.75. The summed E-state index contributed by atoms with van der Waals surface area (Å²) in [5.74, 6) is -6.24. The number of carbonyl (C=O) groups excluding carboxylic acids is 5. The van der Waals surface area contributed by atoms with E-state index in [1.54, 1.807) is 27.7 Å². The molecule has 19 heteroatoms. The Balaban J connectivity index is 2.24. The predicted molar refractivity (Wildman–Crippen MR) is 195 cm³/mol. The number of ether oxygens (including phenoxy) is 4. The molecule has 0 unspecified atom stereocenters. The van der Waals surface area contributed by atoms with E-state index in [2.05, 4.69) is 21.3 Å². The smallest absolute Gasteiger partial charge is 0.333 e. The molecule has 2 rings (SSSR count). The van der Waals surface area contributed by atoms with Gasteiger partial charge in [0.15, 0.2) is 6.10 Å². The zero-order valence-electron chi connectivity index (χ0n) is 32.0. The number of nitrogens with one attached hydrogen (secondary N) is 4. The molecule has 1 aromatic carbocycles. The number of amides is 4. The van der Waals surface area contributed by atoms with Crippen LogP contribution in [0, 0.1) is 5.41 Å². The molecule has 1 aliphatic rings. The van der Waals surface area contributed by atoms with Crippen molar-refractivity contribution >= 4 is 49.3 Å². The first kappa shape index (κ1) is 46.4. The molecule has 304 valence electrons. The normalized spacial score (nSPS) is 18.1. The molecule has 1 heterocycles. The van der Waals surface area contributed by atoms with E-state index in [1.807, 2.05) is 0 Å². The minimum absolute atomic E-state index is 0.0715. The average Bonchev–Trinajstić information content (AvgIpc) is 3.08. The lowest BCUT2D eigenvalue weighted by Gasteiger charge is -2.31. The highest BCUT2D eigenvalue weighted by atomic mass is 16.7. The van der Waals surface area contributed by atoms with Crippen molar-refractivity contribution in [1.82, 2.24) is 21.3 Å². The molecule has 0 aromatic heterocycles. The van der Waals surface area contributed by atoms with Crippen LogP contribution in [0.15, 0.2) is 18.2 Å². The van der Waals surface area contributed by atoms with Crippen molar-refractivity contribution in [2.45, 2.75) is 129 Å². The van der Waals surface area contributed by atoms with Gasteiger partial charge in [-0.25, -0.2) is 4.79 Å². The maximum atomic E-state index is 13.9. The van der Waals surface area contributed by atoms with Crippen LogP contribution < -0.4 is 26.0 Å². The summed E-state index contributed by atoms with van der Waals surface area (Å²) in [6.45, 7) is 9.38. The van der Waals surface area contributed by atoms with Crippen molar-refractivity contribution in [1.29, 1.82) is 0 Å². The number of aliphatic hydroxyl groups excluding tert-OH is 1. The van der Waals surface area contributed by atoms with Gasteiger partial charge in [-0.05, 0) is 84.9 Å². The molecule has 0 spiro atoms. The maximum Gasteiger partial charge on any atom is 0.333 e. The Labute approximate surface area is 321 Å². The Bertz CT molecular complexity index is 1520. The van der Waals surface area contributed by atoms with Crippen LogP contribution in [0.3, 0.4) is 0 Å². The summed E-state index contributed by atoms with van der Waals surface area (Å²) >= 11 is 0. The second-order valence-corrected chi connectivity index (χ2v) is 14.4. The molecule has 55 heavy (non-hydrogen) atoms. The molecule has 1 aliphatic heterocycles. The van der Waals surface area contributed by atoms with E-state index < -0.39 is 71.5 Å². The van der Waals surface area contributed by atoms with E-state index in [-0.39, 0.29) is 80.4 Å². The number of unbranched alkanes of at least 4 members (excludes halogenated alkanes) is 1. The number of hydrogen-bond donors (Lipinski definition) is 7. The molecule has 4 amide bonds. The number of carbonyl (C=O) groups is 7. The minimum Gasteiger partial charge on any atom is -0.481 e. The lowest BCUT2D eigenvalue weighted by atomic mass is 9.85. The van der Waals surface area contributed by atoms with Crippen LogP contribution in [0.4, 0.5) is 4.79 Å². The lowest BCUT2D eigenvalue weighted by molar-refractivity contribution is -0.195. The fourth-order valence-corrected chi connectivity index (χ4v) is 5.32. The second-order valence-electron chi connectivity index (χ2n) is 14.4. The maximum absolute atomic E-state index is 13.9. The minimum atomic E-state index is -1.49. The van der Waals surface area contributed by atoms with Crippen LogP contribution in [0.2, 0.25) is 0 Å². The van der Waals surface area contributed by atoms with Gasteiger partial charge in [0.1, 0.15) is 31.0 Å². The highest BCUT2D eigenvalue weighted by Gasteiger charge is 2.37. The van der Waals surface area contributed by atoms with Gasteiger partial charge in [0.25, 0.3) is 5.91 Å². The van der Waals surface area contributed by atoms with Crippen LogP contribution in [0.5, 0.6) is 5.75 Å². The van der Waals surface area contributed by atoms with Gasteiger partial charge >= 0.3 is 11.9 Å². The van der Waals surface area contributed by atoms with Crippen molar-refractivity contribution in [3.05, 3.63) is 29.3 Å². The monoisotopic (exact) mass is 776 g/mol. The number of aliphatic carboxylic acids is 2. The van der Waals surface area contributed by atoms with Gasteiger partial charge in [0.05, 0.1) is 23.2 Å². The van der Waals surface area contributed by atoms with Crippen LogP contribution in [0.1, 0.15) is 96.0 Å². The standard InChI is InChI=1S/C36H53BN4O14/c1-19(2)39-32(46)24(40-28(43)18-52-20(3)4)9-7-8-12-38-31(45)25(16-36(5,6)34(49)50)41-30(44)23-13-21(17-53-35(37)51)10-11-26(23)54-29-15-22(42)14-27(55-29)33(47)48/h10-11,13,19-20,22,24-25,27,29,42H,7-9,12,14-18H2,1-6H3,(H,38,45)(H,39,46)(H,40,43)(H,41,44)(H,47,48)(H,49,50)/t22-,24-,25-,27-,29+/m0/s1. The molecule has 18 nitrogen and oxygen atoms in total. The molecule has 1 aromatic rings. The first-order chi connectivity index (χ1) is 25.7. The number of rotatable bonds is 22. The van der Waals surface area contributed by atoms with Crippen molar-refractivity contribution in [2.24, 2.45) is 5.41 Å². The summed E-state index contributed by atoms with van der Waals surface area (Å²) in [4.78, 5) is 87.4. The van der Waals surface area contributed by atoms with Crippen LogP contribution in [-0.2, 0) is 44.8 Å². The molecule has 1 fully saturated rings. The first-order valence-electron chi connectivity index (χ1n) is 18.0. The van der Waals surface area contributed by atoms with Crippen LogP contribution >= 0.6 is 0 Å². The third kappa shape index (κ3) is 16.7. The lowest BCUT2D eigenvalue weighted by Crippen LogP contribution is -2.50. The van der Waals surface area contributed by atoms with Crippen LogP contribution in [0.25, 0.3) is 0 Å². The average molecular weight is 777 g/mol. The largest absolute Gasteiger partial charge is 0.481 e. The van der Waals surface area contributed by atoms with Gasteiger partial charge in [0.2, 0.25) is 37.7 Å². The number of carboxylic acids is 2. The van der Waals surface area contributed by atoms with Crippen LogP contribution in [-0.4, -0.2) is 120 Å². The van der Waals surface area contributed by atoms with E-state index in [1.165, 1.54) is 32.0 Å². The molecule has 0 bridgehead atoms. The fraction of sp³-hybridized carbons (Fsp3) is 0.639. The third-order valence-corrected chi connectivity index (χ3v) is 8.23. The van der Waals surface area contributed by atoms with Gasteiger partial charge in [-0.1, -0.05) is 6.07 Å². The highest BCUT2D eigenvalue weighted by Crippen LogP contribution is 2.28. The Kier molecular flexibility index (Phi) is 18.5. The van der Waals surface area contributed by atoms with Crippen molar-refractivity contribution in [2.75, 3.05) is 13.2 Å². The van der Waals surface area contributed by atoms with Gasteiger partial charge in [-0.15, -0.1) is 0 Å². The molecular formula is C36H53BN4O14. The third-order valence-electron chi connectivity index (χ3n) is 8.23. The fourth-order valence-electron chi connectivity index (χ4n) is 5.32. The topological polar surface area (TPSA) is 265 Å². The summed E-state index contributed by atoms with van der Waals surface area (Å²) in [5.41, 5.74) is -1.42. The summed E-state index contributed by atoms with van der Waals surface area (Å²) < 4.78 is 21.4. The number of hydrogen-bond acceptors (Lipinski definition) is 12. The second kappa shape index (κ2) is 22.0.